The summed E-state index contributed by atoms with van der Waals surface area (Å²) >= 11 is 5.81. The molecule has 0 atom stereocenters. The molecule has 0 saturated carbocycles. The molecule has 2 aromatic carbocycles. The van der Waals surface area contributed by atoms with Crippen molar-refractivity contribution >= 4 is 38.9 Å². The number of amides is 1. The normalized spacial score (nSPS) is 14.3. The standard InChI is InChI=1S/C19H21ClFN3O3S/c20-14-5-3-6-15(13-14)28(26,27)22-10-9-18(25)23-19-16(21)7-4-8-17(19)24-11-1-2-12-24/h3-8,13,22H,1-2,9-12H2,(H,23,25). The maximum Gasteiger partial charge on any atom is 0.240 e. The van der Waals surface area contributed by atoms with Gasteiger partial charge in [0, 0.05) is 31.1 Å². The van der Waals surface area contributed by atoms with Crippen LogP contribution in [0.4, 0.5) is 15.8 Å². The van der Waals surface area contributed by atoms with Gasteiger partial charge < -0.3 is 10.2 Å². The van der Waals surface area contributed by atoms with Gasteiger partial charge in [-0.1, -0.05) is 23.7 Å². The Morgan fingerprint density at radius 3 is 2.57 bits per heavy atom. The summed E-state index contributed by atoms with van der Waals surface area (Å²) in [6.07, 6.45) is 1.91. The number of halogens is 2. The Morgan fingerprint density at radius 1 is 1.14 bits per heavy atom. The van der Waals surface area contributed by atoms with Gasteiger partial charge >= 0.3 is 0 Å². The molecule has 0 unspecified atom stereocenters. The van der Waals surface area contributed by atoms with Gasteiger partial charge in [-0.3, -0.25) is 4.79 Å². The Hall–Kier alpha value is -2.16. The molecule has 1 aliphatic rings. The summed E-state index contributed by atoms with van der Waals surface area (Å²) < 4.78 is 41.1. The zero-order chi connectivity index (χ0) is 20.1. The van der Waals surface area contributed by atoms with Crippen molar-refractivity contribution in [3.8, 4) is 0 Å². The Balaban J connectivity index is 1.61. The minimum absolute atomic E-state index is 0.0193. The number of carbonyl (C=O) groups excluding carboxylic acids is 1. The van der Waals surface area contributed by atoms with Crippen LogP contribution in [0.3, 0.4) is 0 Å². The molecule has 0 aliphatic carbocycles. The minimum atomic E-state index is -3.78. The first-order chi connectivity index (χ1) is 13.4. The van der Waals surface area contributed by atoms with Crippen LogP contribution in [-0.4, -0.2) is 34.0 Å². The van der Waals surface area contributed by atoms with Gasteiger partial charge in [0.05, 0.1) is 10.6 Å². The van der Waals surface area contributed by atoms with Crippen molar-refractivity contribution in [3.63, 3.8) is 0 Å². The molecule has 1 heterocycles. The van der Waals surface area contributed by atoms with Gasteiger partial charge in [-0.25, -0.2) is 17.5 Å². The monoisotopic (exact) mass is 425 g/mol. The van der Waals surface area contributed by atoms with Crippen LogP contribution < -0.4 is 14.9 Å². The molecule has 2 N–H and O–H groups in total. The first-order valence-corrected chi connectivity index (χ1v) is 10.8. The molecule has 3 rings (SSSR count). The first-order valence-electron chi connectivity index (χ1n) is 8.95. The number of hydrogen-bond donors (Lipinski definition) is 2. The second-order valence-corrected chi connectivity index (χ2v) is 8.68. The average molecular weight is 426 g/mol. The van der Waals surface area contributed by atoms with E-state index in [4.69, 9.17) is 11.6 Å². The molecule has 1 aliphatic heterocycles. The lowest BCUT2D eigenvalue weighted by Gasteiger charge is -2.22. The van der Waals surface area contributed by atoms with Crippen LogP contribution in [0.1, 0.15) is 19.3 Å². The van der Waals surface area contributed by atoms with E-state index in [1.54, 1.807) is 18.2 Å². The van der Waals surface area contributed by atoms with Crippen LogP contribution in [0.2, 0.25) is 5.02 Å². The van der Waals surface area contributed by atoms with E-state index in [1.165, 1.54) is 24.3 Å². The van der Waals surface area contributed by atoms with Crippen molar-refractivity contribution in [2.45, 2.75) is 24.2 Å². The van der Waals surface area contributed by atoms with Crippen molar-refractivity contribution in [2.75, 3.05) is 29.9 Å². The van der Waals surface area contributed by atoms with E-state index >= 15 is 0 Å². The molecule has 0 radical (unpaired) electrons. The van der Waals surface area contributed by atoms with Crippen LogP contribution in [-0.2, 0) is 14.8 Å². The fourth-order valence-corrected chi connectivity index (χ4v) is 4.41. The van der Waals surface area contributed by atoms with Gasteiger partial charge in [0.25, 0.3) is 0 Å². The summed E-state index contributed by atoms with van der Waals surface area (Å²) in [7, 11) is -3.78. The predicted molar refractivity (Wildman–Crippen MR) is 108 cm³/mol. The second-order valence-electron chi connectivity index (χ2n) is 6.48. The third-order valence-corrected chi connectivity index (χ3v) is 6.15. The lowest BCUT2D eigenvalue weighted by molar-refractivity contribution is -0.116. The molecule has 2 aromatic rings. The highest BCUT2D eigenvalue weighted by atomic mass is 35.5. The molecule has 6 nitrogen and oxygen atoms in total. The fraction of sp³-hybridized carbons (Fsp3) is 0.316. The molecule has 1 fully saturated rings. The van der Waals surface area contributed by atoms with Crippen molar-refractivity contribution in [1.29, 1.82) is 0 Å². The quantitative estimate of drug-likeness (QED) is 0.712. The molecule has 28 heavy (non-hydrogen) atoms. The van der Waals surface area contributed by atoms with Crippen molar-refractivity contribution < 1.29 is 17.6 Å². The van der Waals surface area contributed by atoms with E-state index in [2.05, 4.69) is 10.0 Å². The number of para-hydroxylation sites is 1. The van der Waals surface area contributed by atoms with Crippen molar-refractivity contribution in [3.05, 3.63) is 53.3 Å². The second kappa shape index (κ2) is 8.89. The Morgan fingerprint density at radius 2 is 1.86 bits per heavy atom. The van der Waals surface area contributed by atoms with Crippen LogP contribution in [0.15, 0.2) is 47.4 Å². The van der Waals surface area contributed by atoms with Gasteiger partial charge in [0.15, 0.2) is 0 Å². The molecular formula is C19H21ClFN3O3S. The number of nitrogens with zero attached hydrogens (tertiary/aromatic N) is 1. The first kappa shape index (κ1) is 20.6. The zero-order valence-corrected chi connectivity index (χ0v) is 16.7. The highest BCUT2D eigenvalue weighted by Gasteiger charge is 2.20. The number of nitrogens with one attached hydrogen (secondary N) is 2. The summed E-state index contributed by atoms with van der Waals surface area (Å²) in [5, 5.41) is 2.88. The van der Waals surface area contributed by atoms with E-state index < -0.39 is 21.7 Å². The predicted octanol–water partition coefficient (Wildman–Crippen LogP) is 3.39. The van der Waals surface area contributed by atoms with Crippen LogP contribution >= 0.6 is 11.6 Å². The number of hydrogen-bond acceptors (Lipinski definition) is 4. The van der Waals surface area contributed by atoms with Gasteiger partial charge in [-0.15, -0.1) is 0 Å². The van der Waals surface area contributed by atoms with E-state index in [0.717, 1.165) is 25.9 Å². The fourth-order valence-electron chi connectivity index (χ4n) is 3.08. The van der Waals surface area contributed by atoms with Crippen molar-refractivity contribution in [1.82, 2.24) is 4.72 Å². The van der Waals surface area contributed by atoms with Crippen LogP contribution in [0.25, 0.3) is 0 Å². The molecule has 150 valence electrons. The lowest BCUT2D eigenvalue weighted by Crippen LogP contribution is -2.28. The zero-order valence-electron chi connectivity index (χ0n) is 15.1. The molecule has 9 heteroatoms. The Labute approximate surface area is 168 Å². The maximum atomic E-state index is 14.3. The molecule has 0 aromatic heterocycles. The van der Waals surface area contributed by atoms with Crippen LogP contribution in [0.5, 0.6) is 0 Å². The summed E-state index contributed by atoms with van der Waals surface area (Å²) in [4.78, 5) is 14.3. The highest BCUT2D eigenvalue weighted by molar-refractivity contribution is 7.89. The van der Waals surface area contributed by atoms with E-state index in [-0.39, 0.29) is 23.5 Å². The topological polar surface area (TPSA) is 78.5 Å². The third kappa shape index (κ3) is 5.01. The lowest BCUT2D eigenvalue weighted by atomic mass is 10.2. The maximum absolute atomic E-state index is 14.3. The van der Waals surface area contributed by atoms with Gasteiger partial charge in [-0.05, 0) is 43.2 Å². The molecule has 1 amide bonds. The molecule has 0 bridgehead atoms. The highest BCUT2D eigenvalue weighted by Crippen LogP contribution is 2.31. The number of rotatable bonds is 7. The van der Waals surface area contributed by atoms with E-state index in [9.17, 15) is 17.6 Å². The van der Waals surface area contributed by atoms with Crippen molar-refractivity contribution in [2.24, 2.45) is 0 Å². The smallest absolute Gasteiger partial charge is 0.240 e. The van der Waals surface area contributed by atoms with E-state index in [0.29, 0.717) is 10.7 Å². The summed E-state index contributed by atoms with van der Waals surface area (Å²) in [5.74, 6) is -0.989. The van der Waals surface area contributed by atoms with Gasteiger partial charge in [0.1, 0.15) is 11.5 Å². The largest absolute Gasteiger partial charge is 0.370 e. The summed E-state index contributed by atoms with van der Waals surface area (Å²) in [6, 6.07) is 10.5. The number of sulfonamides is 1. The van der Waals surface area contributed by atoms with E-state index in [1.807, 2.05) is 4.90 Å². The number of carbonyl (C=O) groups is 1. The summed E-state index contributed by atoms with van der Waals surface area (Å²) in [6.45, 7) is 1.51. The third-order valence-electron chi connectivity index (χ3n) is 4.45. The van der Waals surface area contributed by atoms with Crippen LogP contribution in [0, 0.1) is 5.82 Å². The molecular weight excluding hydrogens is 405 g/mol. The Bertz CT molecular complexity index is 963. The molecule has 1 saturated heterocycles. The number of benzene rings is 2. The van der Waals surface area contributed by atoms with Gasteiger partial charge in [-0.2, -0.15) is 0 Å². The molecule has 0 spiro atoms. The SMILES string of the molecule is O=C(CCNS(=O)(=O)c1cccc(Cl)c1)Nc1c(F)cccc1N1CCCC1. The Kier molecular flexibility index (Phi) is 6.53. The summed E-state index contributed by atoms with van der Waals surface area (Å²) in [5.41, 5.74) is 0.775. The number of anilines is 2. The minimum Gasteiger partial charge on any atom is -0.370 e. The van der Waals surface area contributed by atoms with Gasteiger partial charge in [0.2, 0.25) is 15.9 Å². The average Bonchev–Trinajstić information content (AvgIpc) is 3.18.